The first-order chi connectivity index (χ1) is 20.4. The predicted molar refractivity (Wildman–Crippen MR) is 150 cm³/mol. The zero-order chi connectivity index (χ0) is 31.5. The number of nitro benzene ring substituents is 2. The second kappa shape index (κ2) is 14.9. The number of anilines is 1. The molecular weight excluding hydrogens is 590 g/mol. The minimum Gasteiger partial charge on any atom is -0.457 e. The van der Waals surface area contributed by atoms with Crippen LogP contribution in [0.4, 0.5) is 17.1 Å². The number of amides is 1. The number of nitrogens with zero attached hydrogens (tertiary/aromatic N) is 2. The number of hydrogen-bond donors (Lipinski definition) is 1. The van der Waals surface area contributed by atoms with Gasteiger partial charge in [0.05, 0.1) is 15.4 Å². The van der Waals surface area contributed by atoms with Crippen LogP contribution in [0.25, 0.3) is 0 Å². The van der Waals surface area contributed by atoms with Crippen LogP contribution in [0.3, 0.4) is 0 Å². The quantitative estimate of drug-likeness (QED) is 0.114. The molecule has 222 valence electrons. The summed E-state index contributed by atoms with van der Waals surface area (Å²) < 4.78 is 9.86. The zero-order valence-electron chi connectivity index (χ0n) is 22.1. The molecule has 3 aromatic carbocycles. The fourth-order valence-corrected chi connectivity index (χ4v) is 3.71. The highest BCUT2D eigenvalue weighted by Gasteiger charge is 2.18. The van der Waals surface area contributed by atoms with E-state index in [1.165, 1.54) is 54.6 Å². The molecule has 3 rings (SSSR count). The number of ketones is 2. The van der Waals surface area contributed by atoms with E-state index in [1.54, 1.807) is 0 Å². The molecule has 0 atom stereocenters. The highest BCUT2D eigenvalue weighted by Crippen LogP contribution is 2.25. The number of benzene rings is 3. The summed E-state index contributed by atoms with van der Waals surface area (Å²) in [6.07, 6.45) is -0.119. The molecule has 0 radical (unpaired) electrons. The lowest BCUT2D eigenvalue weighted by Crippen LogP contribution is -2.16. The van der Waals surface area contributed by atoms with Crippen molar-refractivity contribution < 1.29 is 43.3 Å². The largest absolute Gasteiger partial charge is 0.457 e. The van der Waals surface area contributed by atoms with Crippen LogP contribution in [0, 0.1) is 20.2 Å². The van der Waals surface area contributed by atoms with Crippen molar-refractivity contribution in [3.63, 3.8) is 0 Å². The van der Waals surface area contributed by atoms with Crippen LogP contribution in [0.1, 0.15) is 50.3 Å². The monoisotopic (exact) mass is 611 g/mol. The molecule has 0 unspecified atom stereocenters. The second-order valence-corrected chi connectivity index (χ2v) is 9.20. The van der Waals surface area contributed by atoms with Gasteiger partial charge in [0.1, 0.15) is 5.02 Å². The number of rotatable bonds is 14. The summed E-state index contributed by atoms with van der Waals surface area (Å²) in [5.41, 5.74) is -0.307. The number of nitrogens with one attached hydrogen (secondary N) is 1. The molecule has 0 saturated heterocycles. The average Bonchev–Trinajstić information content (AvgIpc) is 2.99. The SMILES string of the molecule is O=C(CCCC(=O)OCC(=O)c1ccc(Cl)c([N+](=O)[O-])c1)Nc1ccc(C(=O)OCC(=O)c2cccc([N+](=O)[O-])c2)cc1. The maximum absolute atomic E-state index is 12.3. The van der Waals surface area contributed by atoms with Crippen LogP contribution < -0.4 is 5.32 Å². The van der Waals surface area contributed by atoms with Crippen molar-refractivity contribution in [2.75, 3.05) is 18.5 Å². The first-order valence-corrected chi connectivity index (χ1v) is 12.8. The van der Waals surface area contributed by atoms with Gasteiger partial charge in [0.2, 0.25) is 17.5 Å². The molecule has 0 aromatic heterocycles. The van der Waals surface area contributed by atoms with E-state index in [4.69, 9.17) is 21.1 Å². The van der Waals surface area contributed by atoms with Gasteiger partial charge in [0.15, 0.2) is 13.2 Å². The van der Waals surface area contributed by atoms with Crippen LogP contribution in [0.15, 0.2) is 66.7 Å². The summed E-state index contributed by atoms with van der Waals surface area (Å²) in [6, 6.07) is 14.1. The minimum atomic E-state index is -0.817. The summed E-state index contributed by atoms with van der Waals surface area (Å²) in [6.45, 7) is -1.26. The molecule has 1 amide bonds. The van der Waals surface area contributed by atoms with Gasteiger partial charge in [0.25, 0.3) is 11.4 Å². The Labute approximate surface area is 247 Å². The number of Topliss-reactive ketones (excluding diaryl/α,β-unsaturated/α-hetero) is 2. The fourth-order valence-electron chi connectivity index (χ4n) is 3.52. The van der Waals surface area contributed by atoms with Crippen molar-refractivity contribution in [3.8, 4) is 0 Å². The third-order valence-electron chi connectivity index (χ3n) is 5.73. The lowest BCUT2D eigenvalue weighted by atomic mass is 10.1. The van der Waals surface area contributed by atoms with Crippen molar-refractivity contribution in [1.82, 2.24) is 0 Å². The van der Waals surface area contributed by atoms with Crippen LogP contribution in [0.2, 0.25) is 5.02 Å². The van der Waals surface area contributed by atoms with Crippen LogP contribution in [-0.4, -0.2) is 52.5 Å². The number of halogens is 1. The number of ether oxygens (including phenoxy) is 2. The van der Waals surface area contributed by atoms with Gasteiger partial charge in [0, 0.05) is 47.9 Å². The van der Waals surface area contributed by atoms with E-state index in [9.17, 15) is 44.2 Å². The van der Waals surface area contributed by atoms with E-state index < -0.39 is 58.2 Å². The van der Waals surface area contributed by atoms with Gasteiger partial charge >= 0.3 is 11.9 Å². The maximum atomic E-state index is 12.3. The Morgan fingerprint density at radius 2 is 1.37 bits per heavy atom. The molecule has 14 nitrogen and oxygen atoms in total. The predicted octanol–water partition coefficient (Wildman–Crippen LogP) is 4.73. The number of carbonyl (C=O) groups excluding carboxylic acids is 5. The average molecular weight is 612 g/mol. The van der Waals surface area contributed by atoms with Crippen molar-refractivity contribution in [2.24, 2.45) is 0 Å². The first-order valence-electron chi connectivity index (χ1n) is 12.4. The molecule has 15 heteroatoms. The Balaban J connectivity index is 1.38. The molecule has 43 heavy (non-hydrogen) atoms. The molecule has 0 saturated carbocycles. The highest BCUT2D eigenvalue weighted by molar-refractivity contribution is 6.32. The van der Waals surface area contributed by atoms with Gasteiger partial charge in [-0.3, -0.25) is 39.4 Å². The number of nitro groups is 2. The topological polar surface area (TPSA) is 202 Å². The molecule has 0 aliphatic rings. The standard InChI is InChI=1S/C28H22ClN3O11/c29-22-12-9-19(14-23(22)32(40)41)24(33)15-42-27(36)6-2-5-26(35)30-20-10-7-17(8-11-20)28(37)43-16-25(34)18-3-1-4-21(13-18)31(38)39/h1,3-4,7-14H,2,5-6,15-16H2,(H,30,35). The molecule has 0 aliphatic heterocycles. The Morgan fingerprint density at radius 1 is 0.744 bits per heavy atom. The summed E-state index contributed by atoms with van der Waals surface area (Å²) in [5.74, 6) is -3.27. The Bertz CT molecular complexity index is 1590. The number of hydrogen-bond acceptors (Lipinski definition) is 11. The third-order valence-corrected chi connectivity index (χ3v) is 6.05. The number of carbonyl (C=O) groups is 5. The van der Waals surface area contributed by atoms with E-state index in [1.807, 2.05) is 0 Å². The van der Waals surface area contributed by atoms with Crippen LogP contribution in [0.5, 0.6) is 0 Å². The maximum Gasteiger partial charge on any atom is 0.338 e. The number of esters is 2. The van der Waals surface area contributed by atoms with Gasteiger partial charge in [-0.05, 0) is 42.8 Å². The molecule has 1 N–H and O–H groups in total. The first kappa shape index (κ1) is 32.0. The van der Waals surface area contributed by atoms with E-state index in [-0.39, 0.29) is 46.7 Å². The van der Waals surface area contributed by atoms with Crippen LogP contribution >= 0.6 is 11.6 Å². The molecule has 0 fully saturated rings. The zero-order valence-corrected chi connectivity index (χ0v) is 22.9. The summed E-state index contributed by atoms with van der Waals surface area (Å²) in [5, 5.41) is 24.2. The van der Waals surface area contributed by atoms with Crippen molar-refractivity contribution in [3.05, 3.63) is 109 Å². The van der Waals surface area contributed by atoms with E-state index in [2.05, 4.69) is 5.32 Å². The molecule has 0 aliphatic carbocycles. The van der Waals surface area contributed by atoms with E-state index >= 15 is 0 Å². The minimum absolute atomic E-state index is 0.0213. The smallest absolute Gasteiger partial charge is 0.338 e. The van der Waals surface area contributed by atoms with Crippen molar-refractivity contribution in [1.29, 1.82) is 0 Å². The molecule has 0 bridgehead atoms. The lowest BCUT2D eigenvalue weighted by Gasteiger charge is -2.08. The van der Waals surface area contributed by atoms with Gasteiger partial charge < -0.3 is 14.8 Å². The summed E-state index contributed by atoms with van der Waals surface area (Å²) >= 11 is 5.71. The molecule has 0 spiro atoms. The summed E-state index contributed by atoms with van der Waals surface area (Å²) in [4.78, 5) is 81.2. The number of non-ortho nitro benzene ring substituents is 1. The Morgan fingerprint density at radius 3 is 2.02 bits per heavy atom. The van der Waals surface area contributed by atoms with Gasteiger partial charge in [-0.25, -0.2) is 4.79 Å². The Hall–Kier alpha value is -5.50. The van der Waals surface area contributed by atoms with Crippen molar-refractivity contribution in [2.45, 2.75) is 19.3 Å². The molecule has 0 heterocycles. The molecular formula is C28H22ClN3O11. The normalized spacial score (nSPS) is 10.3. The van der Waals surface area contributed by atoms with E-state index in [0.717, 1.165) is 12.1 Å². The molecule has 3 aromatic rings. The second-order valence-electron chi connectivity index (χ2n) is 8.79. The van der Waals surface area contributed by atoms with Crippen LogP contribution in [-0.2, 0) is 19.1 Å². The lowest BCUT2D eigenvalue weighted by molar-refractivity contribution is -0.385. The fraction of sp³-hybridized carbons (Fsp3) is 0.179. The Kier molecular flexibility index (Phi) is 11.1. The van der Waals surface area contributed by atoms with E-state index in [0.29, 0.717) is 5.69 Å². The summed E-state index contributed by atoms with van der Waals surface area (Å²) in [7, 11) is 0. The third kappa shape index (κ3) is 9.54. The van der Waals surface area contributed by atoms with Crippen molar-refractivity contribution >= 4 is 58.1 Å². The van der Waals surface area contributed by atoms with Gasteiger partial charge in [-0.2, -0.15) is 0 Å². The van der Waals surface area contributed by atoms with Gasteiger partial charge in [-0.1, -0.05) is 23.7 Å². The van der Waals surface area contributed by atoms with Gasteiger partial charge in [-0.15, -0.1) is 0 Å². The highest BCUT2D eigenvalue weighted by atomic mass is 35.5.